The first kappa shape index (κ1) is 35.0. The van der Waals surface area contributed by atoms with E-state index >= 15 is 0 Å². The van der Waals surface area contributed by atoms with Crippen molar-refractivity contribution in [2.45, 2.75) is 0 Å². The monoisotopic (exact) mass is 812 g/mol. The third-order valence-electron chi connectivity index (χ3n) is 13.4. The lowest BCUT2D eigenvalue weighted by Crippen LogP contribution is -1.98. The van der Waals surface area contributed by atoms with Gasteiger partial charge < -0.3 is 9.13 Å². The van der Waals surface area contributed by atoms with Gasteiger partial charge in [0, 0.05) is 49.4 Å². The van der Waals surface area contributed by atoms with E-state index in [1.807, 2.05) is 0 Å². The summed E-state index contributed by atoms with van der Waals surface area (Å²) in [6.07, 6.45) is 0. The molecule has 0 spiro atoms. The molecule has 0 unspecified atom stereocenters. The third-order valence-corrected chi connectivity index (χ3v) is 13.4. The second-order valence-electron chi connectivity index (χ2n) is 17.0. The second-order valence-corrected chi connectivity index (χ2v) is 17.0. The molecule has 0 saturated carbocycles. The Labute approximate surface area is 367 Å². The van der Waals surface area contributed by atoms with E-state index in [0.717, 1.165) is 44.6 Å². The van der Waals surface area contributed by atoms with Crippen molar-refractivity contribution in [1.29, 1.82) is 0 Å². The van der Waals surface area contributed by atoms with Gasteiger partial charge >= 0.3 is 0 Å². The molecule has 14 rings (SSSR count). The number of para-hydroxylation sites is 2. The molecule has 0 bridgehead atoms. The zero-order chi connectivity index (χ0) is 41.9. The molecule has 0 aliphatic heterocycles. The molecule has 296 valence electrons. The third kappa shape index (κ3) is 5.17. The molecule has 0 aliphatic rings. The van der Waals surface area contributed by atoms with Crippen LogP contribution in [-0.4, -0.2) is 19.1 Å². The number of hydrogen-bond donors (Lipinski definition) is 0. The number of nitrogens with zero attached hydrogens (tertiary/aromatic N) is 4. The Balaban J connectivity index is 0.973. The molecular weight excluding hydrogens is 777 g/mol. The summed E-state index contributed by atoms with van der Waals surface area (Å²) in [5.41, 5.74) is 10.8. The molecule has 0 atom stereocenters. The van der Waals surface area contributed by atoms with Crippen LogP contribution in [0.15, 0.2) is 218 Å². The molecule has 0 N–H and O–H groups in total. The molecule has 64 heavy (non-hydrogen) atoms. The van der Waals surface area contributed by atoms with Gasteiger partial charge in [0.15, 0.2) is 5.82 Å². The van der Waals surface area contributed by atoms with Gasteiger partial charge in [-0.1, -0.05) is 140 Å². The van der Waals surface area contributed by atoms with Crippen LogP contribution in [0.25, 0.3) is 132 Å². The highest BCUT2D eigenvalue weighted by molar-refractivity contribution is 6.17. The van der Waals surface area contributed by atoms with Crippen molar-refractivity contribution in [3.63, 3.8) is 0 Å². The predicted octanol–water partition coefficient (Wildman–Crippen LogP) is 15.8. The maximum Gasteiger partial charge on any atom is 0.160 e. The highest BCUT2D eigenvalue weighted by Crippen LogP contribution is 2.41. The van der Waals surface area contributed by atoms with Crippen LogP contribution in [0, 0.1) is 0 Å². The molecule has 0 amide bonds. The Morgan fingerprint density at radius 3 is 1.48 bits per heavy atom. The molecule has 0 radical (unpaired) electrons. The SMILES string of the molecule is c1ccc2cc3c(cc2c1)c1ccccc1n3-c1ccc2c3cc4ccccc4cc3n(-c3ccc(-c4nc(-c5cc6ccccc6c6ccccc56)c5ccccc5n4)cc3)c2c1. The van der Waals surface area contributed by atoms with Gasteiger partial charge in [-0.3, -0.25) is 0 Å². The lowest BCUT2D eigenvalue weighted by atomic mass is 9.94. The van der Waals surface area contributed by atoms with Gasteiger partial charge in [-0.25, -0.2) is 9.97 Å². The maximum atomic E-state index is 5.41. The Bertz CT molecular complexity index is 4250. The molecule has 4 nitrogen and oxygen atoms in total. The standard InChI is InChI=1S/C60H36N4/c1-4-16-41-35-57-51(31-38(41)13-1)48-21-10-12-24-55(48)64(57)44-29-30-49-52-32-39-14-2-3-15-40(39)34-56(52)63(58(49)36-44)43-27-25-37(26-28-43)60-61-54-23-11-9-22-50(54)59(62-60)53-33-42-17-5-6-18-45(42)46-19-7-8-20-47(46)53/h1-36H. The zero-order valence-electron chi connectivity index (χ0n) is 34.6. The Kier molecular flexibility index (Phi) is 7.36. The van der Waals surface area contributed by atoms with Crippen LogP contribution in [-0.2, 0) is 0 Å². The lowest BCUT2D eigenvalue weighted by Gasteiger charge is -2.14. The van der Waals surface area contributed by atoms with Gasteiger partial charge in [-0.2, -0.15) is 0 Å². The van der Waals surface area contributed by atoms with E-state index < -0.39 is 0 Å². The van der Waals surface area contributed by atoms with Crippen molar-refractivity contribution in [1.82, 2.24) is 19.1 Å². The normalized spacial score (nSPS) is 12.1. The zero-order valence-corrected chi connectivity index (χ0v) is 34.6. The molecular formula is C60H36N4. The van der Waals surface area contributed by atoms with Gasteiger partial charge in [-0.05, 0) is 122 Å². The van der Waals surface area contributed by atoms with Crippen LogP contribution >= 0.6 is 0 Å². The average molecular weight is 813 g/mol. The molecule has 11 aromatic carbocycles. The van der Waals surface area contributed by atoms with Crippen molar-refractivity contribution >= 4 is 97.6 Å². The Morgan fingerprint density at radius 1 is 0.281 bits per heavy atom. The van der Waals surface area contributed by atoms with Crippen molar-refractivity contribution in [2.24, 2.45) is 0 Å². The van der Waals surface area contributed by atoms with Crippen molar-refractivity contribution < 1.29 is 0 Å². The predicted molar refractivity (Wildman–Crippen MR) is 269 cm³/mol. The van der Waals surface area contributed by atoms with Crippen LogP contribution in [0.2, 0.25) is 0 Å². The number of hydrogen-bond acceptors (Lipinski definition) is 2. The summed E-state index contributed by atoms with van der Waals surface area (Å²) < 4.78 is 4.87. The fraction of sp³-hybridized carbons (Fsp3) is 0. The van der Waals surface area contributed by atoms with E-state index in [-0.39, 0.29) is 0 Å². The van der Waals surface area contributed by atoms with Crippen LogP contribution < -0.4 is 0 Å². The smallest absolute Gasteiger partial charge is 0.160 e. The summed E-state index contributed by atoms with van der Waals surface area (Å²) in [5, 5.41) is 15.7. The number of benzene rings is 11. The minimum absolute atomic E-state index is 0.701. The first-order valence-electron chi connectivity index (χ1n) is 21.9. The highest BCUT2D eigenvalue weighted by atomic mass is 15.0. The molecule has 3 aromatic heterocycles. The van der Waals surface area contributed by atoms with E-state index in [4.69, 9.17) is 9.97 Å². The second kappa shape index (κ2) is 13.4. The van der Waals surface area contributed by atoms with Crippen molar-refractivity contribution in [2.75, 3.05) is 0 Å². The summed E-state index contributed by atoms with van der Waals surface area (Å²) in [6.45, 7) is 0. The fourth-order valence-electron chi connectivity index (χ4n) is 10.5. The Morgan fingerprint density at radius 2 is 0.781 bits per heavy atom. The fourth-order valence-corrected chi connectivity index (χ4v) is 10.5. The summed E-state index contributed by atoms with van der Waals surface area (Å²) in [5.74, 6) is 0.701. The first-order valence-corrected chi connectivity index (χ1v) is 21.9. The van der Waals surface area contributed by atoms with Gasteiger partial charge in [0.1, 0.15) is 0 Å². The summed E-state index contributed by atoms with van der Waals surface area (Å²) in [4.78, 5) is 10.6. The molecule has 0 aliphatic carbocycles. The topological polar surface area (TPSA) is 35.6 Å². The maximum absolute atomic E-state index is 5.41. The van der Waals surface area contributed by atoms with Crippen LogP contribution in [0.1, 0.15) is 0 Å². The molecule has 0 fully saturated rings. The van der Waals surface area contributed by atoms with Crippen LogP contribution in [0.4, 0.5) is 0 Å². The average Bonchev–Trinajstić information content (AvgIpc) is 3.85. The number of fused-ring (bicyclic) bond motifs is 12. The van der Waals surface area contributed by atoms with Gasteiger partial charge in [-0.15, -0.1) is 0 Å². The van der Waals surface area contributed by atoms with Crippen molar-refractivity contribution in [3.05, 3.63) is 218 Å². The van der Waals surface area contributed by atoms with Crippen LogP contribution in [0.3, 0.4) is 0 Å². The van der Waals surface area contributed by atoms with E-state index in [1.54, 1.807) is 0 Å². The minimum atomic E-state index is 0.701. The number of rotatable bonds is 4. The van der Waals surface area contributed by atoms with Gasteiger partial charge in [0.25, 0.3) is 0 Å². The minimum Gasteiger partial charge on any atom is -0.309 e. The summed E-state index contributed by atoms with van der Waals surface area (Å²) >= 11 is 0. The van der Waals surface area contributed by atoms with E-state index in [1.165, 1.54) is 81.2 Å². The van der Waals surface area contributed by atoms with Crippen LogP contribution in [0.5, 0.6) is 0 Å². The summed E-state index contributed by atoms with van der Waals surface area (Å²) in [6, 6.07) is 79.3. The molecule has 0 saturated heterocycles. The molecule has 4 heteroatoms. The number of aromatic nitrogens is 4. The Hall–Kier alpha value is -8.60. The first-order chi connectivity index (χ1) is 31.7. The van der Waals surface area contributed by atoms with E-state index in [0.29, 0.717) is 5.82 Å². The molecule has 14 aromatic rings. The van der Waals surface area contributed by atoms with Gasteiger partial charge in [0.05, 0.1) is 33.3 Å². The lowest BCUT2D eigenvalue weighted by molar-refractivity contribution is 1.15. The summed E-state index contributed by atoms with van der Waals surface area (Å²) in [7, 11) is 0. The largest absolute Gasteiger partial charge is 0.309 e. The van der Waals surface area contributed by atoms with E-state index in [2.05, 4.69) is 228 Å². The quantitative estimate of drug-likeness (QED) is 0.166. The highest BCUT2D eigenvalue weighted by Gasteiger charge is 2.20. The van der Waals surface area contributed by atoms with E-state index in [9.17, 15) is 0 Å². The molecule has 3 heterocycles. The van der Waals surface area contributed by atoms with Crippen molar-refractivity contribution in [3.8, 4) is 34.0 Å². The van der Waals surface area contributed by atoms with Gasteiger partial charge in [0.2, 0.25) is 0 Å².